The van der Waals surface area contributed by atoms with Gasteiger partial charge in [-0.3, -0.25) is 0 Å². The predicted octanol–water partition coefficient (Wildman–Crippen LogP) is 3.50. The van der Waals surface area contributed by atoms with Crippen LogP contribution in [0.1, 0.15) is 26.2 Å². The fraction of sp³-hybridized carbons (Fsp3) is 0.538. The molecule has 0 radical (unpaired) electrons. The Kier molecular flexibility index (Phi) is 6.27. The van der Waals surface area contributed by atoms with Crippen LogP contribution >= 0.6 is 11.6 Å². The molecule has 0 bridgehead atoms. The molecule has 90 valence electrons. The summed E-state index contributed by atoms with van der Waals surface area (Å²) < 4.78 is 5.92. The van der Waals surface area contributed by atoms with Crippen LogP contribution in [0.4, 0.5) is 0 Å². The van der Waals surface area contributed by atoms with Crippen molar-refractivity contribution < 1.29 is 4.74 Å². The van der Waals surface area contributed by atoms with E-state index >= 15 is 0 Å². The zero-order valence-corrected chi connectivity index (χ0v) is 10.8. The summed E-state index contributed by atoms with van der Waals surface area (Å²) in [6, 6.07) is 7.64. The molecular formula is C13H20ClNO. The fourth-order valence-corrected chi connectivity index (χ4v) is 1.79. The van der Waals surface area contributed by atoms with Gasteiger partial charge in [-0.2, -0.15) is 0 Å². The lowest BCUT2D eigenvalue weighted by atomic mass is 10.1. The smallest absolute Gasteiger partial charge is 0.138 e. The second-order valence-electron chi connectivity index (χ2n) is 3.85. The molecular weight excluding hydrogens is 222 g/mol. The van der Waals surface area contributed by atoms with Gasteiger partial charge in [0.15, 0.2) is 0 Å². The Morgan fingerprint density at radius 1 is 1.31 bits per heavy atom. The van der Waals surface area contributed by atoms with Gasteiger partial charge in [0.25, 0.3) is 0 Å². The van der Waals surface area contributed by atoms with Crippen LogP contribution in [0.3, 0.4) is 0 Å². The first-order valence-electron chi connectivity index (χ1n) is 5.83. The number of hydrogen-bond acceptors (Lipinski definition) is 2. The van der Waals surface area contributed by atoms with Crippen LogP contribution in [-0.2, 0) is 0 Å². The molecule has 16 heavy (non-hydrogen) atoms. The summed E-state index contributed by atoms with van der Waals surface area (Å²) in [5, 5.41) is 3.83. The summed E-state index contributed by atoms with van der Waals surface area (Å²) in [6.07, 6.45) is 3.44. The molecule has 3 heteroatoms. The van der Waals surface area contributed by atoms with Gasteiger partial charge in [-0.1, -0.05) is 37.1 Å². The van der Waals surface area contributed by atoms with Gasteiger partial charge < -0.3 is 10.1 Å². The maximum absolute atomic E-state index is 6.06. The van der Waals surface area contributed by atoms with Crippen molar-refractivity contribution in [2.45, 2.75) is 32.3 Å². The van der Waals surface area contributed by atoms with Gasteiger partial charge in [-0.25, -0.2) is 0 Å². The number of ether oxygens (including phenoxy) is 1. The molecule has 2 nitrogen and oxygen atoms in total. The van der Waals surface area contributed by atoms with Crippen molar-refractivity contribution in [2.75, 3.05) is 13.6 Å². The minimum Gasteiger partial charge on any atom is -0.489 e. The number of benzene rings is 1. The second-order valence-corrected chi connectivity index (χ2v) is 4.26. The molecule has 0 spiro atoms. The summed E-state index contributed by atoms with van der Waals surface area (Å²) in [7, 11) is 1.96. The average molecular weight is 242 g/mol. The van der Waals surface area contributed by atoms with Crippen LogP contribution in [0.2, 0.25) is 5.02 Å². The lowest BCUT2D eigenvalue weighted by Crippen LogP contribution is -2.22. The van der Waals surface area contributed by atoms with Crippen molar-refractivity contribution in [2.24, 2.45) is 0 Å². The molecule has 0 fully saturated rings. The number of para-hydroxylation sites is 1. The summed E-state index contributed by atoms with van der Waals surface area (Å²) >= 11 is 6.06. The molecule has 0 aliphatic carbocycles. The van der Waals surface area contributed by atoms with Gasteiger partial charge in [-0.15, -0.1) is 0 Å². The summed E-state index contributed by atoms with van der Waals surface area (Å²) in [4.78, 5) is 0. The minimum atomic E-state index is 0.248. The number of rotatable bonds is 7. The van der Waals surface area contributed by atoms with Crippen molar-refractivity contribution in [1.29, 1.82) is 0 Å². The van der Waals surface area contributed by atoms with E-state index in [0.717, 1.165) is 31.6 Å². The topological polar surface area (TPSA) is 21.3 Å². The number of nitrogens with one attached hydrogen (secondary N) is 1. The average Bonchev–Trinajstić information content (AvgIpc) is 2.29. The van der Waals surface area contributed by atoms with E-state index in [-0.39, 0.29) is 6.10 Å². The van der Waals surface area contributed by atoms with Gasteiger partial charge in [0.2, 0.25) is 0 Å². The standard InChI is InChI=1S/C13H20ClNO/c1-3-6-11(9-10-15-2)16-13-8-5-4-7-12(13)14/h4-5,7-8,11,15H,3,6,9-10H2,1-2H3/t11-/m1/s1. The van der Waals surface area contributed by atoms with Crippen molar-refractivity contribution >= 4 is 11.6 Å². The van der Waals surface area contributed by atoms with E-state index in [4.69, 9.17) is 16.3 Å². The van der Waals surface area contributed by atoms with E-state index in [1.165, 1.54) is 0 Å². The number of hydrogen-bond donors (Lipinski definition) is 1. The Labute approximate surface area is 103 Å². The van der Waals surface area contributed by atoms with Crippen molar-refractivity contribution in [1.82, 2.24) is 5.32 Å². The predicted molar refractivity (Wildman–Crippen MR) is 69.3 cm³/mol. The third kappa shape index (κ3) is 4.42. The Bertz CT molecular complexity index is 304. The SMILES string of the molecule is CCC[C@H](CCNC)Oc1ccccc1Cl. The molecule has 0 aliphatic heterocycles. The summed E-state index contributed by atoms with van der Waals surface area (Å²) in [5.74, 6) is 0.790. The largest absolute Gasteiger partial charge is 0.489 e. The normalized spacial score (nSPS) is 12.4. The third-order valence-corrected chi connectivity index (χ3v) is 2.77. The van der Waals surface area contributed by atoms with Crippen LogP contribution in [0, 0.1) is 0 Å². The first-order chi connectivity index (χ1) is 7.77. The monoisotopic (exact) mass is 241 g/mol. The van der Waals surface area contributed by atoms with Gasteiger partial charge in [0, 0.05) is 0 Å². The molecule has 0 saturated carbocycles. The maximum atomic E-state index is 6.06. The van der Waals surface area contributed by atoms with E-state index in [1.807, 2.05) is 31.3 Å². The first-order valence-corrected chi connectivity index (χ1v) is 6.21. The Morgan fingerprint density at radius 3 is 2.69 bits per heavy atom. The van der Waals surface area contributed by atoms with Crippen molar-refractivity contribution in [3.8, 4) is 5.75 Å². The lowest BCUT2D eigenvalue weighted by Gasteiger charge is -2.19. The summed E-state index contributed by atoms with van der Waals surface area (Å²) in [5.41, 5.74) is 0. The maximum Gasteiger partial charge on any atom is 0.138 e. The van der Waals surface area contributed by atoms with E-state index in [1.54, 1.807) is 0 Å². The lowest BCUT2D eigenvalue weighted by molar-refractivity contribution is 0.180. The quantitative estimate of drug-likeness (QED) is 0.789. The van der Waals surface area contributed by atoms with Crippen LogP contribution in [-0.4, -0.2) is 19.7 Å². The third-order valence-electron chi connectivity index (χ3n) is 2.46. The van der Waals surface area contributed by atoms with Gasteiger partial charge in [0.05, 0.1) is 11.1 Å². The highest BCUT2D eigenvalue weighted by atomic mass is 35.5. The second kappa shape index (κ2) is 7.53. The molecule has 0 aliphatic rings. The van der Waals surface area contributed by atoms with E-state index in [0.29, 0.717) is 5.02 Å². The Balaban J connectivity index is 2.56. The highest BCUT2D eigenvalue weighted by molar-refractivity contribution is 6.32. The highest BCUT2D eigenvalue weighted by Crippen LogP contribution is 2.25. The van der Waals surface area contributed by atoms with Crippen molar-refractivity contribution in [3.05, 3.63) is 29.3 Å². The van der Waals surface area contributed by atoms with Gasteiger partial charge in [-0.05, 0) is 38.6 Å². The van der Waals surface area contributed by atoms with Crippen LogP contribution in [0.25, 0.3) is 0 Å². The van der Waals surface area contributed by atoms with Gasteiger partial charge in [0.1, 0.15) is 5.75 Å². The van der Waals surface area contributed by atoms with Gasteiger partial charge >= 0.3 is 0 Å². The van der Waals surface area contributed by atoms with Crippen LogP contribution < -0.4 is 10.1 Å². The molecule has 1 aromatic rings. The molecule has 0 saturated heterocycles. The molecule has 0 unspecified atom stereocenters. The minimum absolute atomic E-state index is 0.248. The zero-order chi connectivity index (χ0) is 11.8. The first kappa shape index (κ1) is 13.3. The molecule has 1 N–H and O–H groups in total. The molecule has 0 aromatic heterocycles. The van der Waals surface area contributed by atoms with Crippen LogP contribution in [0.5, 0.6) is 5.75 Å². The molecule has 1 aromatic carbocycles. The molecule has 0 heterocycles. The molecule has 0 amide bonds. The van der Waals surface area contributed by atoms with E-state index in [2.05, 4.69) is 12.2 Å². The zero-order valence-electron chi connectivity index (χ0n) is 10.0. The Morgan fingerprint density at radius 2 is 2.06 bits per heavy atom. The molecule has 1 rings (SSSR count). The number of halogens is 1. The fourth-order valence-electron chi connectivity index (χ4n) is 1.61. The van der Waals surface area contributed by atoms with Crippen LogP contribution in [0.15, 0.2) is 24.3 Å². The highest BCUT2D eigenvalue weighted by Gasteiger charge is 2.10. The van der Waals surface area contributed by atoms with Crippen molar-refractivity contribution in [3.63, 3.8) is 0 Å². The summed E-state index contributed by atoms with van der Waals surface area (Å²) in [6.45, 7) is 3.14. The van der Waals surface area contributed by atoms with E-state index < -0.39 is 0 Å². The Hall–Kier alpha value is -0.730. The molecule has 1 atom stereocenters. The van der Waals surface area contributed by atoms with E-state index in [9.17, 15) is 0 Å².